The second-order valence-electron chi connectivity index (χ2n) is 3.46. The molecule has 1 aromatic rings. The fourth-order valence-electron chi connectivity index (χ4n) is 1.28. The minimum atomic E-state index is -0.310. The van der Waals surface area contributed by atoms with E-state index in [0.717, 1.165) is 10.2 Å². The minimum Gasteiger partial charge on any atom is -0.462 e. The first-order valence-electron chi connectivity index (χ1n) is 4.88. The molecule has 0 aliphatic heterocycles. The summed E-state index contributed by atoms with van der Waals surface area (Å²) in [6, 6.07) is 1.75. The van der Waals surface area contributed by atoms with Gasteiger partial charge in [-0.15, -0.1) is 0 Å². The van der Waals surface area contributed by atoms with Crippen LogP contribution in [0.4, 0.5) is 0 Å². The minimum absolute atomic E-state index is 0.206. The average Bonchev–Trinajstić information content (AvgIpc) is 2.17. The number of carbonyl (C=O) groups is 1. The summed E-state index contributed by atoms with van der Waals surface area (Å²) >= 11 is 3.29. The molecule has 0 aromatic carbocycles. The standard InChI is InChI=1S/C11H14BrNO2/c1-4-15-11(14)9-5-8(12)6-13-10(9)7(2)3/h5-7H,4H2,1-3H3. The molecule has 1 rings (SSSR count). The van der Waals surface area contributed by atoms with Crippen LogP contribution < -0.4 is 0 Å². The van der Waals surface area contributed by atoms with Crippen LogP contribution in [0.15, 0.2) is 16.7 Å². The van der Waals surface area contributed by atoms with E-state index in [-0.39, 0.29) is 11.9 Å². The van der Waals surface area contributed by atoms with Gasteiger partial charge in [0.1, 0.15) is 0 Å². The number of nitrogens with zero attached hydrogens (tertiary/aromatic N) is 1. The van der Waals surface area contributed by atoms with E-state index in [0.29, 0.717) is 12.2 Å². The first-order valence-corrected chi connectivity index (χ1v) is 5.68. The molecular formula is C11H14BrNO2. The molecule has 1 aromatic heterocycles. The predicted octanol–water partition coefficient (Wildman–Crippen LogP) is 3.14. The number of rotatable bonds is 3. The van der Waals surface area contributed by atoms with Gasteiger partial charge in [0.2, 0.25) is 0 Å². The molecule has 0 atom stereocenters. The number of carbonyl (C=O) groups excluding carboxylic acids is 1. The largest absolute Gasteiger partial charge is 0.462 e. The lowest BCUT2D eigenvalue weighted by molar-refractivity contribution is 0.0524. The number of hydrogen-bond donors (Lipinski definition) is 0. The maximum Gasteiger partial charge on any atom is 0.340 e. The first-order chi connectivity index (χ1) is 7.06. The molecule has 0 aliphatic rings. The van der Waals surface area contributed by atoms with E-state index in [1.165, 1.54) is 0 Å². The first kappa shape index (κ1) is 12.2. The van der Waals surface area contributed by atoms with Crippen LogP contribution in [0.1, 0.15) is 42.7 Å². The van der Waals surface area contributed by atoms with Gasteiger partial charge in [0.05, 0.1) is 17.9 Å². The molecule has 4 heteroatoms. The summed E-state index contributed by atoms with van der Waals surface area (Å²) in [5.41, 5.74) is 1.32. The van der Waals surface area contributed by atoms with Crippen LogP contribution in [0.5, 0.6) is 0 Å². The number of halogens is 1. The Hall–Kier alpha value is -0.900. The van der Waals surface area contributed by atoms with Crippen molar-refractivity contribution < 1.29 is 9.53 Å². The summed E-state index contributed by atoms with van der Waals surface area (Å²) in [7, 11) is 0. The van der Waals surface area contributed by atoms with Crippen molar-refractivity contribution in [3.8, 4) is 0 Å². The third-order valence-corrected chi connectivity index (χ3v) is 2.36. The molecule has 0 N–H and O–H groups in total. The molecule has 0 fully saturated rings. The van der Waals surface area contributed by atoms with Gasteiger partial charge in [0.25, 0.3) is 0 Å². The molecule has 15 heavy (non-hydrogen) atoms. The highest BCUT2D eigenvalue weighted by Gasteiger charge is 2.16. The van der Waals surface area contributed by atoms with Crippen LogP contribution in [-0.4, -0.2) is 17.6 Å². The lowest BCUT2D eigenvalue weighted by Gasteiger charge is -2.10. The van der Waals surface area contributed by atoms with Crippen molar-refractivity contribution in [2.24, 2.45) is 0 Å². The Morgan fingerprint density at radius 3 is 2.80 bits per heavy atom. The molecule has 0 radical (unpaired) electrons. The Bertz CT molecular complexity index is 364. The van der Waals surface area contributed by atoms with Crippen molar-refractivity contribution in [2.45, 2.75) is 26.7 Å². The van der Waals surface area contributed by atoms with E-state index >= 15 is 0 Å². The van der Waals surface area contributed by atoms with E-state index in [9.17, 15) is 4.79 Å². The summed E-state index contributed by atoms with van der Waals surface area (Å²) in [6.07, 6.45) is 1.69. The molecule has 0 amide bonds. The lowest BCUT2D eigenvalue weighted by Crippen LogP contribution is -2.10. The maximum atomic E-state index is 11.6. The zero-order chi connectivity index (χ0) is 11.4. The highest BCUT2D eigenvalue weighted by molar-refractivity contribution is 9.10. The summed E-state index contributed by atoms with van der Waals surface area (Å²) in [6.45, 7) is 6.17. The Labute approximate surface area is 98.0 Å². The molecule has 0 saturated carbocycles. The third-order valence-electron chi connectivity index (χ3n) is 1.93. The number of esters is 1. The van der Waals surface area contributed by atoms with Crippen LogP contribution in [0.25, 0.3) is 0 Å². The van der Waals surface area contributed by atoms with Crippen molar-refractivity contribution >= 4 is 21.9 Å². The van der Waals surface area contributed by atoms with Crippen LogP contribution >= 0.6 is 15.9 Å². The van der Waals surface area contributed by atoms with Crippen molar-refractivity contribution in [1.82, 2.24) is 4.98 Å². The average molecular weight is 272 g/mol. The second kappa shape index (κ2) is 5.26. The molecule has 3 nitrogen and oxygen atoms in total. The van der Waals surface area contributed by atoms with Gasteiger partial charge in [0.15, 0.2) is 0 Å². The third kappa shape index (κ3) is 3.02. The summed E-state index contributed by atoms with van der Waals surface area (Å²) in [5, 5.41) is 0. The smallest absolute Gasteiger partial charge is 0.340 e. The van der Waals surface area contributed by atoms with Gasteiger partial charge in [0, 0.05) is 10.7 Å². The normalized spacial score (nSPS) is 10.5. The molecule has 0 spiro atoms. The Morgan fingerprint density at radius 2 is 2.27 bits per heavy atom. The van der Waals surface area contributed by atoms with Crippen molar-refractivity contribution in [3.05, 3.63) is 28.0 Å². The van der Waals surface area contributed by atoms with Gasteiger partial charge in [-0.1, -0.05) is 13.8 Å². The number of ether oxygens (including phenoxy) is 1. The van der Waals surface area contributed by atoms with Gasteiger partial charge in [-0.05, 0) is 34.8 Å². The highest BCUT2D eigenvalue weighted by atomic mass is 79.9. The highest BCUT2D eigenvalue weighted by Crippen LogP contribution is 2.21. The number of aromatic nitrogens is 1. The fourth-order valence-corrected chi connectivity index (χ4v) is 1.61. The molecule has 0 aliphatic carbocycles. The second-order valence-corrected chi connectivity index (χ2v) is 4.38. The van der Waals surface area contributed by atoms with Gasteiger partial charge in [-0.2, -0.15) is 0 Å². The molecule has 0 saturated heterocycles. The Balaban J connectivity index is 3.12. The summed E-state index contributed by atoms with van der Waals surface area (Å²) < 4.78 is 5.76. The topological polar surface area (TPSA) is 39.2 Å². The van der Waals surface area contributed by atoms with Crippen LogP contribution in [0.2, 0.25) is 0 Å². The molecule has 82 valence electrons. The van der Waals surface area contributed by atoms with Gasteiger partial charge in [-0.25, -0.2) is 4.79 Å². The van der Waals surface area contributed by atoms with Crippen molar-refractivity contribution in [2.75, 3.05) is 6.61 Å². The summed E-state index contributed by atoms with van der Waals surface area (Å²) in [5.74, 6) is -0.104. The van der Waals surface area contributed by atoms with Gasteiger partial charge >= 0.3 is 5.97 Å². The van der Waals surface area contributed by atoms with Crippen LogP contribution in [0.3, 0.4) is 0 Å². The van der Waals surface area contributed by atoms with Crippen molar-refractivity contribution in [1.29, 1.82) is 0 Å². The number of hydrogen-bond acceptors (Lipinski definition) is 3. The Kier molecular flexibility index (Phi) is 4.27. The van der Waals surface area contributed by atoms with E-state index in [2.05, 4.69) is 20.9 Å². The molecule has 1 heterocycles. The maximum absolute atomic E-state index is 11.6. The molecule has 0 bridgehead atoms. The van der Waals surface area contributed by atoms with Crippen LogP contribution in [0, 0.1) is 0 Å². The molecule has 0 unspecified atom stereocenters. The van der Waals surface area contributed by atoms with Gasteiger partial charge in [-0.3, -0.25) is 4.98 Å². The quantitative estimate of drug-likeness (QED) is 0.793. The van der Waals surface area contributed by atoms with Crippen molar-refractivity contribution in [3.63, 3.8) is 0 Å². The SMILES string of the molecule is CCOC(=O)c1cc(Br)cnc1C(C)C. The number of pyridine rings is 1. The van der Waals surface area contributed by atoms with E-state index in [1.54, 1.807) is 19.2 Å². The lowest BCUT2D eigenvalue weighted by atomic mass is 10.0. The van der Waals surface area contributed by atoms with E-state index in [1.807, 2.05) is 13.8 Å². The van der Waals surface area contributed by atoms with E-state index < -0.39 is 0 Å². The predicted molar refractivity (Wildman–Crippen MR) is 62.0 cm³/mol. The summed E-state index contributed by atoms with van der Waals surface area (Å²) in [4.78, 5) is 15.9. The Morgan fingerprint density at radius 1 is 1.60 bits per heavy atom. The fraction of sp³-hybridized carbons (Fsp3) is 0.455. The van der Waals surface area contributed by atoms with Gasteiger partial charge < -0.3 is 4.74 Å². The zero-order valence-electron chi connectivity index (χ0n) is 9.08. The molecular weight excluding hydrogens is 258 g/mol. The van der Waals surface area contributed by atoms with E-state index in [4.69, 9.17) is 4.74 Å². The monoisotopic (exact) mass is 271 g/mol. The van der Waals surface area contributed by atoms with Crippen LogP contribution in [-0.2, 0) is 4.74 Å². The zero-order valence-corrected chi connectivity index (χ0v) is 10.7.